The molecule has 0 bridgehead atoms. The van der Waals surface area contributed by atoms with Crippen LogP contribution in [0.4, 0.5) is 11.4 Å². The van der Waals surface area contributed by atoms with Crippen molar-refractivity contribution in [2.45, 2.75) is 6.10 Å². The second kappa shape index (κ2) is 7.37. The fraction of sp³-hybridized carbons (Fsp3) is 0.188. The van der Waals surface area contributed by atoms with Gasteiger partial charge in [-0.05, 0) is 17.7 Å². The number of rotatable bonds is 6. The van der Waals surface area contributed by atoms with Crippen LogP contribution in [0.1, 0.15) is 11.7 Å². The van der Waals surface area contributed by atoms with E-state index in [0.29, 0.717) is 11.3 Å². The van der Waals surface area contributed by atoms with E-state index in [1.54, 1.807) is 24.3 Å². The summed E-state index contributed by atoms with van der Waals surface area (Å²) in [5.41, 5.74) is 0.489. The molecule has 0 fully saturated rings. The van der Waals surface area contributed by atoms with Crippen LogP contribution in [0.2, 0.25) is 0 Å². The first kappa shape index (κ1) is 16.4. The van der Waals surface area contributed by atoms with Crippen LogP contribution in [0.3, 0.4) is 0 Å². The fourth-order valence-corrected chi connectivity index (χ4v) is 2.12. The second-order valence-electron chi connectivity index (χ2n) is 4.66. The van der Waals surface area contributed by atoms with Crippen molar-refractivity contribution in [1.82, 2.24) is 0 Å². The number of benzene rings is 2. The molecule has 0 spiro atoms. The van der Waals surface area contributed by atoms with Gasteiger partial charge in [-0.1, -0.05) is 30.3 Å². The Morgan fingerprint density at radius 1 is 1.17 bits per heavy atom. The summed E-state index contributed by atoms with van der Waals surface area (Å²) in [5.74, 6) is -0.159. The lowest BCUT2D eigenvalue weighted by molar-refractivity contribution is -0.384. The van der Waals surface area contributed by atoms with Crippen molar-refractivity contribution < 1.29 is 19.2 Å². The van der Waals surface area contributed by atoms with Crippen LogP contribution in [0.15, 0.2) is 48.5 Å². The van der Waals surface area contributed by atoms with Gasteiger partial charge in [-0.25, -0.2) is 0 Å². The zero-order chi connectivity index (χ0) is 16.8. The van der Waals surface area contributed by atoms with Crippen LogP contribution >= 0.6 is 0 Å². The quantitative estimate of drug-likeness (QED) is 0.653. The highest BCUT2D eigenvalue weighted by molar-refractivity contribution is 5.96. The minimum absolute atomic E-state index is 0.0822. The average Bonchev–Trinajstić information content (AvgIpc) is 2.56. The van der Waals surface area contributed by atoms with Crippen LogP contribution in [0, 0.1) is 10.1 Å². The van der Waals surface area contributed by atoms with Gasteiger partial charge < -0.3 is 14.8 Å². The molecule has 0 saturated carbocycles. The maximum Gasteiger partial charge on any atom is 0.296 e. The molecule has 1 amide bonds. The lowest BCUT2D eigenvalue weighted by Crippen LogP contribution is -2.23. The summed E-state index contributed by atoms with van der Waals surface area (Å²) in [6.07, 6.45) is -0.863. The molecule has 2 aromatic rings. The molecule has 2 aromatic carbocycles. The molecule has 7 heteroatoms. The van der Waals surface area contributed by atoms with Gasteiger partial charge >= 0.3 is 0 Å². The smallest absolute Gasteiger partial charge is 0.296 e. The molecule has 0 saturated heterocycles. The predicted octanol–water partition coefficient (Wildman–Crippen LogP) is 2.93. The van der Waals surface area contributed by atoms with Crippen LogP contribution in [-0.4, -0.2) is 25.1 Å². The molecular formula is C16H16N2O5. The van der Waals surface area contributed by atoms with Crippen molar-refractivity contribution in [2.75, 3.05) is 19.5 Å². The van der Waals surface area contributed by atoms with Gasteiger partial charge in [0.25, 0.3) is 11.6 Å². The Morgan fingerprint density at radius 2 is 1.87 bits per heavy atom. The Hall–Kier alpha value is -2.93. The molecule has 0 aliphatic rings. The number of nitro groups is 1. The Morgan fingerprint density at radius 3 is 2.43 bits per heavy atom. The normalized spacial score (nSPS) is 11.6. The zero-order valence-corrected chi connectivity index (χ0v) is 12.7. The number of hydrogen-bond acceptors (Lipinski definition) is 5. The Balaban J connectivity index is 2.27. The molecule has 0 aliphatic carbocycles. The van der Waals surface area contributed by atoms with E-state index in [-0.39, 0.29) is 11.4 Å². The first-order valence-electron chi connectivity index (χ1n) is 6.78. The molecule has 2 rings (SSSR count). The number of carbonyl (C=O) groups excluding carboxylic acids is 1. The van der Waals surface area contributed by atoms with Gasteiger partial charge in [0.2, 0.25) is 0 Å². The van der Waals surface area contributed by atoms with Gasteiger partial charge in [-0.15, -0.1) is 0 Å². The average molecular weight is 316 g/mol. The van der Waals surface area contributed by atoms with Gasteiger partial charge in [-0.2, -0.15) is 0 Å². The molecule has 1 atom stereocenters. The van der Waals surface area contributed by atoms with Crippen LogP contribution in [0.25, 0.3) is 0 Å². The number of hydrogen-bond donors (Lipinski definition) is 1. The first-order chi connectivity index (χ1) is 11.1. The van der Waals surface area contributed by atoms with E-state index in [4.69, 9.17) is 9.47 Å². The van der Waals surface area contributed by atoms with Gasteiger partial charge in [0.15, 0.2) is 6.10 Å². The molecule has 0 aliphatic heterocycles. The van der Waals surface area contributed by atoms with Crippen LogP contribution < -0.4 is 10.1 Å². The first-order valence-corrected chi connectivity index (χ1v) is 6.78. The fourth-order valence-electron chi connectivity index (χ4n) is 2.12. The van der Waals surface area contributed by atoms with E-state index < -0.39 is 16.9 Å². The van der Waals surface area contributed by atoms with Crippen molar-refractivity contribution in [3.8, 4) is 5.75 Å². The molecule has 0 unspecified atom stereocenters. The van der Waals surface area contributed by atoms with E-state index in [1.807, 2.05) is 6.07 Å². The summed E-state index contributed by atoms with van der Waals surface area (Å²) < 4.78 is 10.2. The highest BCUT2D eigenvalue weighted by Crippen LogP contribution is 2.30. The van der Waals surface area contributed by atoms with Crippen molar-refractivity contribution >= 4 is 17.3 Å². The zero-order valence-electron chi connectivity index (χ0n) is 12.7. The van der Waals surface area contributed by atoms with E-state index in [9.17, 15) is 14.9 Å². The van der Waals surface area contributed by atoms with Crippen LogP contribution in [-0.2, 0) is 9.53 Å². The molecule has 1 N–H and O–H groups in total. The third-order valence-electron chi connectivity index (χ3n) is 3.24. The summed E-state index contributed by atoms with van der Waals surface area (Å²) in [5, 5.41) is 13.7. The van der Waals surface area contributed by atoms with Crippen molar-refractivity contribution in [3.05, 3.63) is 64.2 Å². The number of methoxy groups -OCH3 is 2. The van der Waals surface area contributed by atoms with E-state index in [1.165, 1.54) is 32.4 Å². The lowest BCUT2D eigenvalue weighted by Gasteiger charge is -2.15. The summed E-state index contributed by atoms with van der Waals surface area (Å²) in [6.45, 7) is 0. The van der Waals surface area contributed by atoms with Gasteiger partial charge in [0.1, 0.15) is 11.4 Å². The third-order valence-corrected chi connectivity index (χ3v) is 3.24. The van der Waals surface area contributed by atoms with Gasteiger partial charge in [0.05, 0.1) is 18.1 Å². The standard InChI is InChI=1S/C16H16N2O5/c1-22-12-8-9-13(14(10-12)18(20)21)17-16(19)15(23-2)11-6-4-3-5-7-11/h3-10,15H,1-2H3,(H,17,19)/t15-/m0/s1. The highest BCUT2D eigenvalue weighted by Gasteiger charge is 2.23. The lowest BCUT2D eigenvalue weighted by atomic mass is 10.1. The third kappa shape index (κ3) is 3.83. The summed E-state index contributed by atoms with van der Waals surface area (Å²) >= 11 is 0. The van der Waals surface area contributed by atoms with Crippen molar-refractivity contribution in [1.29, 1.82) is 0 Å². The van der Waals surface area contributed by atoms with E-state index in [2.05, 4.69) is 5.32 Å². The molecule has 0 radical (unpaired) electrons. The Labute approximate surface area is 133 Å². The maximum atomic E-state index is 12.4. The molecule has 120 valence electrons. The largest absolute Gasteiger partial charge is 0.496 e. The molecule has 23 heavy (non-hydrogen) atoms. The monoisotopic (exact) mass is 316 g/mol. The number of nitrogens with zero attached hydrogens (tertiary/aromatic N) is 1. The van der Waals surface area contributed by atoms with Crippen molar-refractivity contribution in [3.63, 3.8) is 0 Å². The molecular weight excluding hydrogens is 300 g/mol. The topological polar surface area (TPSA) is 90.7 Å². The Bertz CT molecular complexity index is 703. The second-order valence-corrected chi connectivity index (χ2v) is 4.66. The molecule has 0 aromatic heterocycles. The summed E-state index contributed by atoms with van der Waals surface area (Å²) in [4.78, 5) is 23.0. The minimum atomic E-state index is -0.863. The molecule has 0 heterocycles. The van der Waals surface area contributed by atoms with Gasteiger partial charge in [0, 0.05) is 7.11 Å². The Kier molecular flexibility index (Phi) is 5.27. The highest BCUT2D eigenvalue weighted by atomic mass is 16.6. The SMILES string of the molecule is COc1ccc(NC(=O)[C@@H](OC)c2ccccc2)c([N+](=O)[O-])c1. The number of ether oxygens (including phenoxy) is 2. The maximum absolute atomic E-state index is 12.4. The van der Waals surface area contributed by atoms with Gasteiger partial charge in [-0.3, -0.25) is 14.9 Å². The summed E-state index contributed by atoms with van der Waals surface area (Å²) in [6, 6.07) is 13.1. The van der Waals surface area contributed by atoms with Crippen molar-refractivity contribution in [2.24, 2.45) is 0 Å². The molecule has 7 nitrogen and oxygen atoms in total. The van der Waals surface area contributed by atoms with E-state index in [0.717, 1.165) is 0 Å². The van der Waals surface area contributed by atoms with Crippen LogP contribution in [0.5, 0.6) is 5.75 Å². The minimum Gasteiger partial charge on any atom is -0.496 e. The number of nitro benzene ring substituents is 1. The predicted molar refractivity (Wildman–Crippen MR) is 84.5 cm³/mol. The number of anilines is 1. The number of carbonyl (C=O) groups is 1. The summed E-state index contributed by atoms with van der Waals surface area (Å²) in [7, 11) is 2.81. The number of amides is 1. The van der Waals surface area contributed by atoms with E-state index >= 15 is 0 Å². The number of nitrogens with one attached hydrogen (secondary N) is 1.